The van der Waals surface area contributed by atoms with Crippen molar-refractivity contribution >= 4 is 16.9 Å². The highest BCUT2D eigenvalue weighted by atomic mass is 32.2. The highest BCUT2D eigenvalue weighted by molar-refractivity contribution is 8.14. The Morgan fingerprint density at radius 2 is 2.29 bits per heavy atom. The molecule has 0 saturated carbocycles. The fourth-order valence-corrected chi connectivity index (χ4v) is 3.94. The van der Waals surface area contributed by atoms with Gasteiger partial charge in [-0.3, -0.25) is 4.99 Å². The maximum absolute atomic E-state index is 4.78. The van der Waals surface area contributed by atoms with Crippen molar-refractivity contribution in [2.75, 3.05) is 26.7 Å². The van der Waals surface area contributed by atoms with E-state index in [9.17, 15) is 0 Å². The van der Waals surface area contributed by atoms with E-state index in [4.69, 9.17) is 4.99 Å². The lowest BCUT2D eigenvalue weighted by Gasteiger charge is -2.30. The van der Waals surface area contributed by atoms with Gasteiger partial charge in [0, 0.05) is 24.4 Å². The minimum atomic E-state index is 0.582. The third kappa shape index (κ3) is 4.18. The van der Waals surface area contributed by atoms with E-state index in [-0.39, 0.29) is 0 Å². The van der Waals surface area contributed by atoms with Gasteiger partial charge >= 0.3 is 0 Å². The largest absolute Gasteiger partial charge is 0.362 e. The molecule has 0 amide bonds. The number of nitrogens with zero attached hydrogens (tertiary/aromatic N) is 2. The first-order valence-corrected chi connectivity index (χ1v) is 7.67. The first-order valence-electron chi connectivity index (χ1n) is 6.79. The van der Waals surface area contributed by atoms with E-state index in [0.29, 0.717) is 11.3 Å². The predicted octanol–water partition coefficient (Wildman–Crippen LogP) is 2.19. The van der Waals surface area contributed by atoms with Gasteiger partial charge in [0.05, 0.1) is 0 Å². The van der Waals surface area contributed by atoms with Crippen molar-refractivity contribution in [3.8, 4) is 0 Å². The molecule has 0 aliphatic carbocycles. The molecule has 2 aliphatic heterocycles. The molecule has 0 aromatic carbocycles. The zero-order valence-corrected chi connectivity index (χ0v) is 12.1. The summed E-state index contributed by atoms with van der Waals surface area (Å²) in [6.07, 6.45) is 3.92. The normalized spacial score (nSPS) is 38.1. The van der Waals surface area contributed by atoms with E-state index in [1.807, 2.05) is 11.8 Å². The number of likely N-dealkylation sites (tertiary alicyclic amines) is 1. The van der Waals surface area contributed by atoms with Crippen LogP contribution in [0.4, 0.5) is 0 Å². The second-order valence-electron chi connectivity index (χ2n) is 5.63. The zero-order valence-electron chi connectivity index (χ0n) is 11.3. The van der Waals surface area contributed by atoms with Gasteiger partial charge < -0.3 is 10.2 Å². The molecule has 2 rings (SSSR count). The van der Waals surface area contributed by atoms with Gasteiger partial charge in [-0.1, -0.05) is 18.7 Å². The number of piperidine rings is 1. The number of hydrogen-bond acceptors (Lipinski definition) is 3. The summed E-state index contributed by atoms with van der Waals surface area (Å²) in [6, 6.07) is 0.582. The van der Waals surface area contributed by atoms with Gasteiger partial charge in [0.25, 0.3) is 0 Å². The molecule has 2 heterocycles. The van der Waals surface area contributed by atoms with Gasteiger partial charge in [-0.2, -0.15) is 0 Å². The molecule has 2 fully saturated rings. The first-order chi connectivity index (χ1) is 8.13. The van der Waals surface area contributed by atoms with E-state index in [2.05, 4.69) is 31.1 Å². The molecule has 1 N–H and O–H groups in total. The van der Waals surface area contributed by atoms with Gasteiger partial charge in [0.1, 0.15) is 0 Å². The molecule has 3 atom stereocenters. The second-order valence-corrected chi connectivity index (χ2v) is 7.05. The number of thioether (sulfide) groups is 1. The van der Waals surface area contributed by atoms with Crippen molar-refractivity contribution in [3.63, 3.8) is 0 Å². The Balaban J connectivity index is 1.82. The lowest BCUT2D eigenvalue weighted by atomic mass is 9.99. The Morgan fingerprint density at radius 3 is 3.00 bits per heavy atom. The molecule has 0 bridgehead atoms. The molecule has 17 heavy (non-hydrogen) atoms. The minimum absolute atomic E-state index is 0.582. The maximum Gasteiger partial charge on any atom is 0.157 e. The number of aliphatic imine (C=N–C) groups is 1. The number of amidine groups is 1. The molecular formula is C13H25N3S. The summed E-state index contributed by atoms with van der Waals surface area (Å²) in [6.45, 7) is 8.02. The van der Waals surface area contributed by atoms with Crippen LogP contribution in [-0.2, 0) is 0 Å². The van der Waals surface area contributed by atoms with Gasteiger partial charge in [0.15, 0.2) is 5.17 Å². The second kappa shape index (κ2) is 6.10. The number of hydrogen-bond donors (Lipinski definition) is 1. The van der Waals surface area contributed by atoms with Crippen molar-refractivity contribution in [1.29, 1.82) is 0 Å². The lowest BCUT2D eigenvalue weighted by molar-refractivity contribution is 0.214. The monoisotopic (exact) mass is 255 g/mol. The Hall–Kier alpha value is -0.220. The molecular weight excluding hydrogens is 230 g/mol. The Kier molecular flexibility index (Phi) is 4.74. The van der Waals surface area contributed by atoms with Gasteiger partial charge in [-0.25, -0.2) is 0 Å². The molecule has 3 unspecified atom stereocenters. The van der Waals surface area contributed by atoms with Crippen LogP contribution in [0.25, 0.3) is 0 Å². The number of nitrogens with one attached hydrogen (secondary N) is 1. The van der Waals surface area contributed by atoms with Crippen LogP contribution in [0.5, 0.6) is 0 Å². The van der Waals surface area contributed by atoms with E-state index >= 15 is 0 Å². The molecule has 0 spiro atoms. The average Bonchev–Trinajstić information content (AvgIpc) is 2.25. The molecule has 2 saturated heterocycles. The van der Waals surface area contributed by atoms with E-state index < -0.39 is 0 Å². The quantitative estimate of drug-likeness (QED) is 0.819. The van der Waals surface area contributed by atoms with Crippen LogP contribution < -0.4 is 5.32 Å². The van der Waals surface area contributed by atoms with Crippen LogP contribution >= 0.6 is 11.8 Å². The van der Waals surface area contributed by atoms with Crippen LogP contribution in [0.2, 0.25) is 0 Å². The van der Waals surface area contributed by atoms with E-state index in [1.165, 1.54) is 37.5 Å². The summed E-state index contributed by atoms with van der Waals surface area (Å²) < 4.78 is 0. The number of rotatable bonds is 2. The summed E-state index contributed by atoms with van der Waals surface area (Å²) in [5.74, 6) is 0.760. The smallest absolute Gasteiger partial charge is 0.157 e. The van der Waals surface area contributed by atoms with Gasteiger partial charge in [-0.15, -0.1) is 0 Å². The maximum atomic E-state index is 4.78. The Morgan fingerprint density at radius 1 is 1.47 bits per heavy atom. The SMILES string of the molecule is CC1CC(C)SC(=NCC2CCCN(C)C2)N1. The fraction of sp³-hybridized carbons (Fsp3) is 0.923. The zero-order chi connectivity index (χ0) is 12.3. The third-order valence-corrected chi connectivity index (χ3v) is 4.65. The topological polar surface area (TPSA) is 27.6 Å². The first kappa shape index (κ1) is 13.2. The van der Waals surface area contributed by atoms with Crippen LogP contribution in [-0.4, -0.2) is 48.0 Å². The molecule has 0 aromatic rings. The van der Waals surface area contributed by atoms with Gasteiger partial charge in [-0.05, 0) is 45.7 Å². The summed E-state index contributed by atoms with van der Waals surface area (Å²) in [7, 11) is 2.22. The van der Waals surface area contributed by atoms with Crippen LogP contribution in [0.3, 0.4) is 0 Å². The van der Waals surface area contributed by atoms with Crippen molar-refractivity contribution in [2.45, 2.75) is 44.4 Å². The Labute approximate surface area is 109 Å². The summed E-state index contributed by atoms with van der Waals surface area (Å²) in [5.41, 5.74) is 0. The minimum Gasteiger partial charge on any atom is -0.362 e. The van der Waals surface area contributed by atoms with Crippen molar-refractivity contribution in [2.24, 2.45) is 10.9 Å². The van der Waals surface area contributed by atoms with Crippen LogP contribution in [0.15, 0.2) is 4.99 Å². The Bertz CT molecular complexity index is 268. The highest BCUT2D eigenvalue weighted by Crippen LogP contribution is 2.23. The summed E-state index contributed by atoms with van der Waals surface area (Å²) in [5, 5.41) is 5.38. The third-order valence-electron chi connectivity index (χ3n) is 3.58. The molecule has 4 heteroatoms. The molecule has 0 aromatic heterocycles. The standard InChI is InChI=1S/C13H25N3S/c1-10-7-11(2)17-13(15-10)14-8-12-5-4-6-16(3)9-12/h10-12H,4-9H2,1-3H3,(H,14,15). The van der Waals surface area contributed by atoms with Crippen LogP contribution in [0, 0.1) is 5.92 Å². The van der Waals surface area contributed by atoms with Crippen molar-refractivity contribution < 1.29 is 0 Å². The van der Waals surface area contributed by atoms with Crippen molar-refractivity contribution in [1.82, 2.24) is 10.2 Å². The highest BCUT2D eigenvalue weighted by Gasteiger charge is 2.21. The van der Waals surface area contributed by atoms with E-state index in [0.717, 1.165) is 12.5 Å². The van der Waals surface area contributed by atoms with Crippen molar-refractivity contribution in [3.05, 3.63) is 0 Å². The molecule has 3 nitrogen and oxygen atoms in total. The van der Waals surface area contributed by atoms with Gasteiger partial charge in [0.2, 0.25) is 0 Å². The summed E-state index contributed by atoms with van der Waals surface area (Å²) in [4.78, 5) is 7.22. The van der Waals surface area contributed by atoms with E-state index in [1.54, 1.807) is 0 Å². The molecule has 98 valence electrons. The fourth-order valence-electron chi connectivity index (χ4n) is 2.76. The average molecular weight is 255 g/mol. The molecule has 2 aliphatic rings. The lowest BCUT2D eigenvalue weighted by Crippen LogP contribution is -2.39. The summed E-state index contributed by atoms with van der Waals surface area (Å²) >= 11 is 1.90. The molecule has 0 radical (unpaired) electrons. The van der Waals surface area contributed by atoms with Crippen LogP contribution in [0.1, 0.15) is 33.1 Å². The predicted molar refractivity (Wildman–Crippen MR) is 76.8 cm³/mol.